The van der Waals surface area contributed by atoms with Gasteiger partial charge in [-0.05, 0) is 131 Å². The Bertz CT molecular complexity index is 1980. The van der Waals surface area contributed by atoms with E-state index in [0.717, 1.165) is 115 Å². The molecular formula is C50H67NO9. The van der Waals surface area contributed by atoms with Gasteiger partial charge in [-0.1, -0.05) is 37.6 Å². The van der Waals surface area contributed by atoms with E-state index in [0.29, 0.717) is 67.9 Å². The van der Waals surface area contributed by atoms with Crippen molar-refractivity contribution in [1.82, 2.24) is 4.90 Å². The summed E-state index contributed by atoms with van der Waals surface area (Å²) in [6, 6.07) is 8.51. The molecule has 11 aliphatic rings. The molecule has 9 fully saturated rings. The number of hydrogen-bond donors (Lipinski definition) is 1. The number of benzene rings is 1. The molecule has 10 heteroatoms. The number of ketones is 2. The summed E-state index contributed by atoms with van der Waals surface area (Å²) in [5.74, 6) is 2.80. The first kappa shape index (κ1) is 40.3. The maximum absolute atomic E-state index is 13.2. The van der Waals surface area contributed by atoms with Gasteiger partial charge in [0.05, 0.1) is 32.0 Å². The van der Waals surface area contributed by atoms with Crippen molar-refractivity contribution in [1.29, 1.82) is 0 Å². The van der Waals surface area contributed by atoms with Crippen LogP contribution in [-0.4, -0.2) is 104 Å². The van der Waals surface area contributed by atoms with Crippen LogP contribution in [0.5, 0.6) is 5.75 Å². The third kappa shape index (κ3) is 5.96. The van der Waals surface area contributed by atoms with Crippen LogP contribution in [0.25, 0.3) is 0 Å². The molecule has 2 spiro atoms. The van der Waals surface area contributed by atoms with Gasteiger partial charge in [0.25, 0.3) is 0 Å². The number of allylic oxidation sites excluding steroid dienone is 2. The molecule has 1 N–H and O–H groups in total. The van der Waals surface area contributed by atoms with Crippen LogP contribution in [0.4, 0.5) is 0 Å². The first-order chi connectivity index (χ1) is 28.8. The van der Waals surface area contributed by atoms with Gasteiger partial charge in [-0.3, -0.25) is 9.59 Å². The van der Waals surface area contributed by atoms with Crippen LogP contribution in [0.15, 0.2) is 47.1 Å². The Kier molecular flexibility index (Phi) is 9.43. The second-order valence-electron chi connectivity index (χ2n) is 21.6. The highest BCUT2D eigenvalue weighted by Gasteiger charge is 2.79. The van der Waals surface area contributed by atoms with E-state index in [1.54, 1.807) is 5.57 Å². The van der Waals surface area contributed by atoms with Crippen LogP contribution >= 0.6 is 0 Å². The Labute approximate surface area is 356 Å². The first-order valence-electron chi connectivity index (χ1n) is 23.6. The molecule has 6 saturated carbocycles. The molecule has 1 aromatic rings. The molecule has 8 aliphatic carbocycles. The van der Waals surface area contributed by atoms with Crippen molar-refractivity contribution in [2.45, 2.75) is 151 Å². The van der Waals surface area contributed by atoms with Crippen molar-refractivity contribution in [3.05, 3.63) is 52.6 Å². The fourth-order valence-electron chi connectivity index (χ4n) is 15.3. The second kappa shape index (κ2) is 14.0. The van der Waals surface area contributed by atoms with Gasteiger partial charge in [0.1, 0.15) is 35.1 Å². The van der Waals surface area contributed by atoms with E-state index in [1.165, 1.54) is 16.7 Å². The lowest BCUT2D eigenvalue weighted by Gasteiger charge is -2.55. The molecule has 0 aromatic heterocycles. The topological polar surface area (TPSA) is 116 Å². The summed E-state index contributed by atoms with van der Waals surface area (Å²) in [4.78, 5) is 27.8. The summed E-state index contributed by atoms with van der Waals surface area (Å²) in [5, 5.41) is 12.1. The van der Waals surface area contributed by atoms with Gasteiger partial charge in [0.15, 0.2) is 11.6 Å². The number of likely N-dealkylation sites (N-methyl/N-ethyl adjacent to an activating group) is 1. The minimum atomic E-state index is -0.877. The van der Waals surface area contributed by atoms with Gasteiger partial charge in [-0.25, -0.2) is 0 Å². The number of hydrogen-bond acceptors (Lipinski definition) is 10. The van der Waals surface area contributed by atoms with Crippen LogP contribution in [0.1, 0.15) is 128 Å². The van der Waals surface area contributed by atoms with E-state index in [4.69, 9.17) is 28.4 Å². The molecule has 326 valence electrons. The molecule has 1 aromatic carbocycles. The quantitative estimate of drug-likeness (QED) is 0.235. The largest absolute Gasteiger partial charge is 0.492 e. The monoisotopic (exact) mass is 825 g/mol. The average molecular weight is 826 g/mol. The van der Waals surface area contributed by atoms with Crippen molar-refractivity contribution < 1.29 is 43.1 Å². The highest BCUT2D eigenvalue weighted by atomic mass is 16.7. The Morgan fingerprint density at radius 3 is 2.10 bits per heavy atom. The standard InChI is InChI=1S/C30H41NO5.C20H26O4/c1-28-18-23(20-4-6-21(7-5-20)34-15-14-31(2)3)27-22(24(28)8-9-26(28)32)10-12-29(33)19-30(13-11-25(27)29)35-16-17-36-30;1-17-6-5-15-13(14(17)2-3-16(17)21)4-7-18-12-19(22-10-11-23-19)8-9-20(15,18)24-18/h4-7,22-24,33H,8-19H2,1-3H3;5,13-14H,2-4,6-12H2,1H3/t22?,23-,24?,28-,29-;13?,14?,17-,18-,20-/m00/s1. The molecule has 4 unspecified atom stereocenters. The average Bonchev–Trinajstić information content (AvgIpc) is 3.65. The van der Waals surface area contributed by atoms with Gasteiger partial charge < -0.3 is 38.4 Å². The van der Waals surface area contributed by atoms with Gasteiger partial charge in [-0.2, -0.15) is 0 Å². The molecule has 12 rings (SSSR count). The SMILES string of the molecule is CN(C)CCOc1ccc([C@@H]2C[C@]3(C)C(=O)CCC3C3CC[C@]4(O)CC5(CCC4=C32)OCCO5)cc1.C[C@]12CC=C3C(CC[C@]45CC6(CC[C@]34O5)OCCO6)C1CCC2=O. The van der Waals surface area contributed by atoms with E-state index in [2.05, 4.69) is 49.1 Å². The summed E-state index contributed by atoms with van der Waals surface area (Å²) >= 11 is 0. The molecule has 10 nitrogen and oxygen atoms in total. The molecule has 3 heterocycles. The number of epoxide rings is 1. The van der Waals surface area contributed by atoms with Crippen LogP contribution in [-0.2, 0) is 33.3 Å². The first-order valence-corrected chi connectivity index (χ1v) is 23.6. The van der Waals surface area contributed by atoms with Crippen molar-refractivity contribution in [3.8, 4) is 5.75 Å². The fourth-order valence-corrected chi connectivity index (χ4v) is 15.3. The number of carbonyl (C=O) groups is 2. The normalized spacial score (nSPS) is 43.9. The molecule has 60 heavy (non-hydrogen) atoms. The molecule has 0 bridgehead atoms. The minimum Gasteiger partial charge on any atom is -0.492 e. The number of ether oxygens (including phenoxy) is 6. The van der Waals surface area contributed by atoms with Crippen LogP contribution in [0.2, 0.25) is 0 Å². The van der Waals surface area contributed by atoms with Gasteiger partial charge in [-0.15, -0.1) is 0 Å². The highest BCUT2D eigenvalue weighted by Crippen LogP contribution is 2.73. The lowest BCUT2D eigenvalue weighted by molar-refractivity contribution is -0.208. The van der Waals surface area contributed by atoms with E-state index in [9.17, 15) is 14.7 Å². The Morgan fingerprint density at radius 1 is 0.750 bits per heavy atom. The number of nitrogens with zero attached hydrogens (tertiary/aromatic N) is 1. The Hall–Kier alpha value is -2.44. The highest BCUT2D eigenvalue weighted by molar-refractivity contribution is 5.88. The van der Waals surface area contributed by atoms with Crippen molar-refractivity contribution in [3.63, 3.8) is 0 Å². The zero-order chi connectivity index (χ0) is 41.3. The zero-order valence-corrected chi connectivity index (χ0v) is 36.5. The van der Waals surface area contributed by atoms with Gasteiger partial charge in [0.2, 0.25) is 0 Å². The number of fused-ring (bicyclic) bond motifs is 7. The number of aliphatic hydroxyl groups is 1. The van der Waals surface area contributed by atoms with Gasteiger partial charge in [0, 0.05) is 61.8 Å². The van der Waals surface area contributed by atoms with Gasteiger partial charge >= 0.3 is 0 Å². The third-order valence-corrected chi connectivity index (χ3v) is 18.4. The summed E-state index contributed by atoms with van der Waals surface area (Å²) in [6.45, 7) is 8.62. The van der Waals surface area contributed by atoms with Crippen molar-refractivity contribution >= 4 is 11.6 Å². The van der Waals surface area contributed by atoms with Crippen molar-refractivity contribution in [2.24, 2.45) is 34.5 Å². The molecule has 10 atom stereocenters. The predicted molar refractivity (Wildman–Crippen MR) is 223 cm³/mol. The van der Waals surface area contributed by atoms with E-state index in [1.807, 2.05) is 14.1 Å². The van der Waals surface area contributed by atoms with Crippen molar-refractivity contribution in [2.75, 3.05) is 53.7 Å². The maximum Gasteiger partial charge on any atom is 0.171 e. The van der Waals surface area contributed by atoms with Crippen LogP contribution in [0.3, 0.4) is 0 Å². The summed E-state index contributed by atoms with van der Waals surface area (Å²) < 4.78 is 36.6. The number of carbonyl (C=O) groups excluding carboxylic acids is 2. The summed E-state index contributed by atoms with van der Waals surface area (Å²) in [6.07, 6.45) is 16.6. The lowest BCUT2D eigenvalue weighted by atomic mass is 9.51. The fraction of sp³-hybridized carbons (Fsp3) is 0.760. The predicted octanol–water partition coefficient (Wildman–Crippen LogP) is 7.61. The molecular weight excluding hydrogens is 759 g/mol. The summed E-state index contributed by atoms with van der Waals surface area (Å²) in [5.41, 5.74) is 4.07. The summed E-state index contributed by atoms with van der Waals surface area (Å²) in [7, 11) is 4.09. The Balaban J connectivity index is 0.000000147. The smallest absolute Gasteiger partial charge is 0.171 e. The second-order valence-corrected chi connectivity index (χ2v) is 21.6. The molecule has 3 aliphatic heterocycles. The van der Waals surface area contributed by atoms with E-state index >= 15 is 0 Å². The van der Waals surface area contributed by atoms with Crippen LogP contribution in [0, 0.1) is 34.5 Å². The molecule has 0 amide bonds. The molecule has 3 saturated heterocycles. The maximum atomic E-state index is 13.2. The van der Waals surface area contributed by atoms with E-state index in [-0.39, 0.29) is 33.7 Å². The van der Waals surface area contributed by atoms with E-state index < -0.39 is 11.4 Å². The number of Topliss-reactive ketones (excluding diaryl/α,β-unsaturated/α-hetero) is 2. The zero-order valence-electron chi connectivity index (χ0n) is 36.5. The number of rotatable bonds is 5. The Morgan fingerprint density at radius 2 is 1.40 bits per heavy atom. The van der Waals surface area contributed by atoms with Crippen LogP contribution < -0.4 is 4.74 Å². The third-order valence-electron chi connectivity index (χ3n) is 18.4. The minimum absolute atomic E-state index is 0.0473. The lowest BCUT2D eigenvalue weighted by Crippen LogP contribution is -2.53. The molecule has 0 radical (unpaired) electrons.